The molecule has 5 rings (SSSR count). The van der Waals surface area contributed by atoms with E-state index in [4.69, 9.17) is 14.5 Å². The molecule has 1 unspecified atom stereocenters. The molecule has 8 heteroatoms. The van der Waals surface area contributed by atoms with Crippen LogP contribution in [0.3, 0.4) is 0 Å². The second kappa shape index (κ2) is 7.03. The molecule has 0 saturated carbocycles. The molecule has 146 valence electrons. The fourth-order valence-corrected chi connectivity index (χ4v) is 4.04. The van der Waals surface area contributed by atoms with Crippen molar-refractivity contribution in [3.8, 4) is 5.75 Å². The third-order valence-corrected chi connectivity index (χ3v) is 5.61. The number of hydrogen-bond donors (Lipinski definition) is 0. The molecule has 2 aliphatic rings. The minimum atomic E-state index is 0.00858. The Labute approximate surface area is 162 Å². The van der Waals surface area contributed by atoms with Crippen LogP contribution in [0.4, 0.5) is 0 Å². The molecule has 2 aromatic heterocycles. The van der Waals surface area contributed by atoms with Crippen LogP contribution in [0.1, 0.15) is 23.9 Å². The van der Waals surface area contributed by atoms with Crippen molar-refractivity contribution in [3.63, 3.8) is 0 Å². The lowest BCUT2D eigenvalue weighted by Crippen LogP contribution is -2.39. The van der Waals surface area contributed by atoms with Crippen LogP contribution in [0.15, 0.2) is 35.3 Å². The number of methoxy groups -OCH3 is 1. The van der Waals surface area contributed by atoms with E-state index >= 15 is 0 Å². The van der Waals surface area contributed by atoms with Crippen LogP contribution in [-0.2, 0) is 24.4 Å². The van der Waals surface area contributed by atoms with Gasteiger partial charge in [-0.2, -0.15) is 5.10 Å². The summed E-state index contributed by atoms with van der Waals surface area (Å²) in [4.78, 5) is 20.1. The Kier molecular flexibility index (Phi) is 4.37. The Balaban J connectivity index is 1.43. The summed E-state index contributed by atoms with van der Waals surface area (Å²) in [5.74, 6) is 1.66. The van der Waals surface area contributed by atoms with Gasteiger partial charge in [-0.25, -0.2) is 9.67 Å². The van der Waals surface area contributed by atoms with E-state index < -0.39 is 0 Å². The topological polar surface area (TPSA) is 74.4 Å². The van der Waals surface area contributed by atoms with Crippen molar-refractivity contribution < 1.29 is 9.47 Å². The fraction of sp³-hybridized carbons (Fsp3) is 0.450. The average Bonchev–Trinajstić information content (AvgIpc) is 3.38. The first-order chi connectivity index (χ1) is 13.7. The number of nitrogens with zero attached hydrogens (tertiary/aromatic N) is 5. The van der Waals surface area contributed by atoms with Gasteiger partial charge in [-0.15, -0.1) is 0 Å². The molecule has 0 N–H and O–H groups in total. The van der Waals surface area contributed by atoms with Crippen LogP contribution in [0.5, 0.6) is 5.75 Å². The molecule has 0 spiro atoms. The van der Waals surface area contributed by atoms with Crippen LogP contribution in [0, 0.1) is 0 Å². The van der Waals surface area contributed by atoms with Crippen molar-refractivity contribution in [2.75, 3.05) is 26.9 Å². The molecule has 8 nitrogen and oxygen atoms in total. The summed E-state index contributed by atoms with van der Waals surface area (Å²) in [5, 5.41) is 5.04. The summed E-state index contributed by atoms with van der Waals surface area (Å²) >= 11 is 0. The van der Waals surface area contributed by atoms with E-state index in [0.29, 0.717) is 30.7 Å². The van der Waals surface area contributed by atoms with Crippen LogP contribution in [0.2, 0.25) is 0 Å². The van der Waals surface area contributed by atoms with Gasteiger partial charge in [0.15, 0.2) is 5.65 Å². The van der Waals surface area contributed by atoms with E-state index in [1.165, 1.54) is 5.56 Å². The Morgan fingerprint density at radius 1 is 1.25 bits per heavy atom. The molecule has 0 aliphatic carbocycles. The van der Waals surface area contributed by atoms with Gasteiger partial charge >= 0.3 is 0 Å². The number of fused-ring (bicyclic) bond motifs is 2. The SMILES string of the molecule is COc1ccc(CN2CCn3c(nc4c(cnn4C4CCOC4)c3=O)C2)cc1. The molecule has 0 bridgehead atoms. The van der Waals surface area contributed by atoms with E-state index in [2.05, 4.69) is 22.1 Å². The summed E-state index contributed by atoms with van der Waals surface area (Å²) in [6.45, 7) is 4.27. The first-order valence-corrected chi connectivity index (χ1v) is 9.63. The van der Waals surface area contributed by atoms with Crippen molar-refractivity contribution in [1.29, 1.82) is 0 Å². The standard InChI is InChI=1S/C20H23N5O3/c1-27-16-4-2-14(3-5-16)11-23-7-8-24-18(12-23)22-19-17(20(24)26)10-21-25(19)15-6-9-28-13-15/h2-5,10,15H,6-9,11-13H2,1H3. The number of rotatable bonds is 4. The molecule has 3 aromatic rings. The van der Waals surface area contributed by atoms with Crippen molar-refractivity contribution in [1.82, 2.24) is 24.2 Å². The van der Waals surface area contributed by atoms with E-state index in [-0.39, 0.29) is 11.6 Å². The highest BCUT2D eigenvalue weighted by molar-refractivity contribution is 5.73. The second-order valence-electron chi connectivity index (χ2n) is 7.39. The van der Waals surface area contributed by atoms with Crippen molar-refractivity contribution in [2.45, 2.75) is 32.1 Å². The van der Waals surface area contributed by atoms with E-state index in [0.717, 1.165) is 37.7 Å². The minimum Gasteiger partial charge on any atom is -0.497 e. The molecule has 0 amide bonds. The van der Waals surface area contributed by atoms with Gasteiger partial charge in [0.05, 0.1) is 32.5 Å². The van der Waals surface area contributed by atoms with Gasteiger partial charge < -0.3 is 9.47 Å². The van der Waals surface area contributed by atoms with E-state index in [1.807, 2.05) is 16.8 Å². The Hall–Kier alpha value is -2.71. The maximum absolute atomic E-state index is 12.9. The van der Waals surface area contributed by atoms with Crippen LogP contribution in [-0.4, -0.2) is 51.1 Å². The maximum atomic E-state index is 12.9. The Morgan fingerprint density at radius 2 is 2.11 bits per heavy atom. The van der Waals surface area contributed by atoms with Gasteiger partial charge in [0.2, 0.25) is 0 Å². The third kappa shape index (κ3) is 2.98. The fourth-order valence-electron chi connectivity index (χ4n) is 4.04. The summed E-state index contributed by atoms with van der Waals surface area (Å²) in [6.07, 6.45) is 2.56. The van der Waals surface area contributed by atoms with E-state index in [1.54, 1.807) is 17.9 Å². The first kappa shape index (κ1) is 17.4. The third-order valence-electron chi connectivity index (χ3n) is 5.61. The van der Waals surface area contributed by atoms with Gasteiger partial charge in [0.1, 0.15) is 17.0 Å². The second-order valence-corrected chi connectivity index (χ2v) is 7.39. The highest BCUT2D eigenvalue weighted by atomic mass is 16.5. The number of ether oxygens (including phenoxy) is 2. The predicted molar refractivity (Wildman–Crippen MR) is 103 cm³/mol. The smallest absolute Gasteiger partial charge is 0.264 e. The number of aromatic nitrogens is 4. The van der Waals surface area contributed by atoms with Crippen molar-refractivity contribution in [3.05, 3.63) is 52.2 Å². The largest absolute Gasteiger partial charge is 0.497 e. The highest BCUT2D eigenvalue weighted by Gasteiger charge is 2.25. The lowest BCUT2D eigenvalue weighted by molar-refractivity contribution is 0.185. The zero-order valence-electron chi connectivity index (χ0n) is 15.9. The summed E-state index contributed by atoms with van der Waals surface area (Å²) < 4.78 is 14.4. The Morgan fingerprint density at radius 3 is 2.86 bits per heavy atom. The molecular formula is C20H23N5O3. The van der Waals surface area contributed by atoms with Gasteiger partial charge in [-0.05, 0) is 24.1 Å². The summed E-state index contributed by atoms with van der Waals surface area (Å²) in [6, 6.07) is 8.26. The lowest BCUT2D eigenvalue weighted by Gasteiger charge is -2.29. The van der Waals surface area contributed by atoms with Gasteiger partial charge in [-0.1, -0.05) is 12.1 Å². The number of benzene rings is 1. The predicted octanol–water partition coefficient (Wildman–Crippen LogP) is 1.58. The zero-order chi connectivity index (χ0) is 19.1. The molecule has 4 heterocycles. The molecule has 0 radical (unpaired) electrons. The monoisotopic (exact) mass is 381 g/mol. The zero-order valence-corrected chi connectivity index (χ0v) is 15.9. The summed E-state index contributed by atoms with van der Waals surface area (Å²) in [7, 11) is 1.67. The minimum absolute atomic E-state index is 0.00858. The summed E-state index contributed by atoms with van der Waals surface area (Å²) in [5.41, 5.74) is 1.90. The molecular weight excluding hydrogens is 358 g/mol. The molecule has 28 heavy (non-hydrogen) atoms. The van der Waals surface area contributed by atoms with Crippen molar-refractivity contribution >= 4 is 11.0 Å². The molecule has 1 fully saturated rings. The van der Waals surface area contributed by atoms with Crippen molar-refractivity contribution in [2.24, 2.45) is 0 Å². The van der Waals surface area contributed by atoms with E-state index in [9.17, 15) is 4.79 Å². The maximum Gasteiger partial charge on any atom is 0.264 e. The highest BCUT2D eigenvalue weighted by Crippen LogP contribution is 2.23. The molecule has 2 aliphatic heterocycles. The van der Waals surface area contributed by atoms with Gasteiger partial charge in [0, 0.05) is 26.2 Å². The Bertz CT molecular complexity index is 1050. The molecule has 1 saturated heterocycles. The lowest BCUT2D eigenvalue weighted by atomic mass is 10.2. The molecule has 1 atom stereocenters. The van der Waals surface area contributed by atoms with Gasteiger partial charge in [0.25, 0.3) is 5.56 Å². The van der Waals surface area contributed by atoms with Gasteiger partial charge in [-0.3, -0.25) is 14.3 Å². The average molecular weight is 381 g/mol. The van der Waals surface area contributed by atoms with Crippen LogP contribution in [0.25, 0.3) is 11.0 Å². The molecule has 1 aromatic carbocycles. The number of hydrogen-bond acceptors (Lipinski definition) is 6. The quantitative estimate of drug-likeness (QED) is 0.683. The normalized spacial score (nSPS) is 19.8. The first-order valence-electron chi connectivity index (χ1n) is 9.63. The van der Waals surface area contributed by atoms with Crippen LogP contribution >= 0.6 is 0 Å². The van der Waals surface area contributed by atoms with Crippen LogP contribution < -0.4 is 10.3 Å².